The number of ether oxygens (including phenoxy) is 3. The van der Waals surface area contributed by atoms with Crippen LogP contribution in [0.15, 0.2) is 54.6 Å². The molecule has 1 atom stereocenters. The van der Waals surface area contributed by atoms with Crippen molar-refractivity contribution >= 4 is 0 Å². The fourth-order valence-corrected chi connectivity index (χ4v) is 2.48. The van der Waals surface area contributed by atoms with Gasteiger partial charge in [-0.3, -0.25) is 0 Å². The number of hydrogen-bond donors (Lipinski definition) is 0. The fraction of sp³-hybridized carbons (Fsp3) is 0.333. The van der Waals surface area contributed by atoms with E-state index < -0.39 is 5.60 Å². The van der Waals surface area contributed by atoms with Gasteiger partial charge >= 0.3 is 0 Å². The molecule has 0 saturated carbocycles. The molecule has 3 nitrogen and oxygen atoms in total. The molecular formula is C18H20O3. The van der Waals surface area contributed by atoms with E-state index in [9.17, 15) is 0 Å². The van der Waals surface area contributed by atoms with Crippen molar-refractivity contribution in [1.29, 1.82) is 0 Å². The van der Waals surface area contributed by atoms with E-state index >= 15 is 0 Å². The smallest absolute Gasteiger partial charge is 0.150 e. The lowest BCUT2D eigenvalue weighted by atomic mass is 9.94. The molecule has 2 aromatic carbocycles. The quantitative estimate of drug-likeness (QED) is 0.862. The van der Waals surface area contributed by atoms with Gasteiger partial charge in [0.15, 0.2) is 5.60 Å². The summed E-state index contributed by atoms with van der Waals surface area (Å²) in [5.74, 6) is 0.852. The summed E-state index contributed by atoms with van der Waals surface area (Å²) in [5, 5.41) is 0. The molecule has 0 N–H and O–H groups in total. The topological polar surface area (TPSA) is 27.7 Å². The maximum absolute atomic E-state index is 6.05. The van der Waals surface area contributed by atoms with Gasteiger partial charge in [-0.25, -0.2) is 0 Å². The molecule has 3 heteroatoms. The van der Waals surface area contributed by atoms with Gasteiger partial charge in [-0.05, 0) is 24.6 Å². The van der Waals surface area contributed by atoms with Crippen LogP contribution in [0.3, 0.4) is 0 Å². The minimum Gasteiger partial charge on any atom is -0.490 e. The minimum atomic E-state index is -0.523. The molecule has 21 heavy (non-hydrogen) atoms. The molecule has 1 fully saturated rings. The molecule has 0 aromatic heterocycles. The van der Waals surface area contributed by atoms with Gasteiger partial charge in [0.05, 0.1) is 19.8 Å². The first-order valence-electron chi connectivity index (χ1n) is 7.25. The standard InChI is InChI=1S/C18H20O3/c1-15-7-9-17(10-8-15)20-14-18(13-19-11-12-21-18)16-5-3-2-4-6-16/h2-10H,11-14H2,1H3. The highest BCUT2D eigenvalue weighted by Crippen LogP contribution is 2.30. The second-order valence-electron chi connectivity index (χ2n) is 5.36. The van der Waals surface area contributed by atoms with Crippen LogP contribution in [0.4, 0.5) is 0 Å². The lowest BCUT2D eigenvalue weighted by molar-refractivity contribution is -0.177. The number of benzene rings is 2. The fourth-order valence-electron chi connectivity index (χ4n) is 2.48. The van der Waals surface area contributed by atoms with Gasteiger partial charge in [0.1, 0.15) is 12.4 Å². The Labute approximate surface area is 125 Å². The van der Waals surface area contributed by atoms with Gasteiger partial charge in [-0.1, -0.05) is 48.0 Å². The molecule has 1 unspecified atom stereocenters. The first kappa shape index (κ1) is 14.1. The molecule has 1 aliphatic rings. The van der Waals surface area contributed by atoms with E-state index in [-0.39, 0.29) is 0 Å². The van der Waals surface area contributed by atoms with E-state index in [0.717, 1.165) is 11.3 Å². The van der Waals surface area contributed by atoms with Crippen molar-refractivity contribution in [2.45, 2.75) is 12.5 Å². The first-order chi connectivity index (χ1) is 10.3. The predicted octanol–water partition coefficient (Wildman–Crippen LogP) is 3.32. The molecule has 1 saturated heterocycles. The van der Waals surface area contributed by atoms with Crippen LogP contribution in [0.5, 0.6) is 5.75 Å². The van der Waals surface area contributed by atoms with Gasteiger partial charge in [0.2, 0.25) is 0 Å². The van der Waals surface area contributed by atoms with Crippen LogP contribution in [0, 0.1) is 6.92 Å². The largest absolute Gasteiger partial charge is 0.490 e. The summed E-state index contributed by atoms with van der Waals surface area (Å²) in [6.45, 7) is 4.25. The maximum atomic E-state index is 6.05. The summed E-state index contributed by atoms with van der Waals surface area (Å²) in [6, 6.07) is 18.2. The van der Waals surface area contributed by atoms with Crippen LogP contribution in [0.25, 0.3) is 0 Å². The van der Waals surface area contributed by atoms with Crippen LogP contribution in [-0.2, 0) is 15.1 Å². The lowest BCUT2D eigenvalue weighted by Crippen LogP contribution is -2.45. The van der Waals surface area contributed by atoms with Crippen molar-refractivity contribution in [3.05, 3.63) is 65.7 Å². The minimum absolute atomic E-state index is 0.445. The van der Waals surface area contributed by atoms with Crippen molar-refractivity contribution in [2.24, 2.45) is 0 Å². The number of rotatable bonds is 4. The zero-order valence-electron chi connectivity index (χ0n) is 12.2. The zero-order chi connectivity index (χ0) is 14.5. The Bertz CT molecular complexity index is 557. The first-order valence-corrected chi connectivity index (χ1v) is 7.25. The van der Waals surface area contributed by atoms with Crippen molar-refractivity contribution in [1.82, 2.24) is 0 Å². The lowest BCUT2D eigenvalue weighted by Gasteiger charge is -2.37. The third-order valence-corrected chi connectivity index (χ3v) is 3.73. The second kappa shape index (κ2) is 6.29. The van der Waals surface area contributed by atoms with E-state index in [0.29, 0.717) is 26.4 Å². The summed E-state index contributed by atoms with van der Waals surface area (Å²) < 4.78 is 17.6. The second-order valence-corrected chi connectivity index (χ2v) is 5.36. The highest BCUT2D eigenvalue weighted by Gasteiger charge is 2.37. The molecule has 3 rings (SSSR count). The molecule has 0 radical (unpaired) electrons. The third-order valence-electron chi connectivity index (χ3n) is 3.73. The Morgan fingerprint density at radius 1 is 1.00 bits per heavy atom. The van der Waals surface area contributed by atoms with Gasteiger partial charge in [-0.15, -0.1) is 0 Å². The Morgan fingerprint density at radius 3 is 2.43 bits per heavy atom. The van der Waals surface area contributed by atoms with Crippen LogP contribution < -0.4 is 4.74 Å². The number of hydrogen-bond acceptors (Lipinski definition) is 3. The molecule has 0 spiro atoms. The summed E-state index contributed by atoms with van der Waals surface area (Å²) in [6.07, 6.45) is 0. The normalized spacial score (nSPS) is 22.0. The summed E-state index contributed by atoms with van der Waals surface area (Å²) in [5.41, 5.74) is 1.79. The third kappa shape index (κ3) is 3.26. The SMILES string of the molecule is Cc1ccc(OCC2(c3ccccc3)COCCO2)cc1. The Hall–Kier alpha value is -1.84. The monoisotopic (exact) mass is 284 g/mol. The van der Waals surface area contributed by atoms with E-state index in [2.05, 4.69) is 19.1 Å². The zero-order valence-corrected chi connectivity index (χ0v) is 12.2. The molecule has 0 bridgehead atoms. The van der Waals surface area contributed by atoms with Gasteiger partial charge in [0, 0.05) is 0 Å². The average Bonchev–Trinajstić information content (AvgIpc) is 2.56. The Kier molecular flexibility index (Phi) is 4.23. The number of aryl methyl sites for hydroxylation is 1. The van der Waals surface area contributed by atoms with Crippen LogP contribution in [-0.4, -0.2) is 26.4 Å². The summed E-state index contributed by atoms with van der Waals surface area (Å²) in [7, 11) is 0. The van der Waals surface area contributed by atoms with Crippen molar-refractivity contribution < 1.29 is 14.2 Å². The van der Waals surface area contributed by atoms with E-state index in [1.165, 1.54) is 5.56 Å². The highest BCUT2D eigenvalue weighted by atomic mass is 16.6. The predicted molar refractivity (Wildman–Crippen MR) is 81.6 cm³/mol. The van der Waals surface area contributed by atoms with Crippen molar-refractivity contribution in [2.75, 3.05) is 26.4 Å². The maximum Gasteiger partial charge on any atom is 0.150 e. The average molecular weight is 284 g/mol. The van der Waals surface area contributed by atoms with Crippen LogP contribution in [0.1, 0.15) is 11.1 Å². The molecule has 0 aliphatic carbocycles. The van der Waals surface area contributed by atoms with E-state index in [1.54, 1.807) is 0 Å². The van der Waals surface area contributed by atoms with Gasteiger partial charge < -0.3 is 14.2 Å². The molecule has 1 heterocycles. The molecule has 1 aliphatic heterocycles. The van der Waals surface area contributed by atoms with Crippen molar-refractivity contribution in [3.63, 3.8) is 0 Å². The Balaban J connectivity index is 1.78. The van der Waals surface area contributed by atoms with Crippen molar-refractivity contribution in [3.8, 4) is 5.75 Å². The van der Waals surface area contributed by atoms with Crippen LogP contribution in [0.2, 0.25) is 0 Å². The van der Waals surface area contributed by atoms with Gasteiger partial charge in [-0.2, -0.15) is 0 Å². The van der Waals surface area contributed by atoms with Gasteiger partial charge in [0.25, 0.3) is 0 Å². The summed E-state index contributed by atoms with van der Waals surface area (Å²) in [4.78, 5) is 0. The molecule has 110 valence electrons. The van der Waals surface area contributed by atoms with Crippen LogP contribution >= 0.6 is 0 Å². The van der Waals surface area contributed by atoms with E-state index in [4.69, 9.17) is 14.2 Å². The Morgan fingerprint density at radius 2 is 1.76 bits per heavy atom. The highest BCUT2D eigenvalue weighted by molar-refractivity contribution is 5.28. The molecule has 2 aromatic rings. The summed E-state index contributed by atoms with van der Waals surface area (Å²) >= 11 is 0. The van der Waals surface area contributed by atoms with E-state index in [1.807, 2.05) is 42.5 Å². The molecule has 0 amide bonds. The molecular weight excluding hydrogens is 264 g/mol.